The maximum atomic E-state index is 13.4. The van der Waals surface area contributed by atoms with Crippen LogP contribution >= 0.6 is 23.4 Å². The molecular formula is C46H76ClN9O3S. The summed E-state index contributed by atoms with van der Waals surface area (Å²) >= 11 is 9.66. The second-order valence-electron chi connectivity index (χ2n) is 21.0. The van der Waals surface area contributed by atoms with Crippen molar-refractivity contribution < 1.29 is 14.3 Å². The molecule has 0 bridgehead atoms. The zero-order chi connectivity index (χ0) is 41.7. The lowest BCUT2D eigenvalue weighted by Gasteiger charge is -2.45. The summed E-state index contributed by atoms with van der Waals surface area (Å²) in [6.45, 7) is 11.8. The molecule has 5 heterocycles. The molecule has 1 amide bonds. The molecule has 0 aromatic rings. The first-order chi connectivity index (χ1) is 29.0. The van der Waals surface area contributed by atoms with Crippen molar-refractivity contribution in [1.29, 1.82) is 5.26 Å². The minimum atomic E-state index is -0.193. The third-order valence-corrected chi connectivity index (χ3v) is 19.7. The van der Waals surface area contributed by atoms with Gasteiger partial charge in [-0.05, 0) is 146 Å². The number of aliphatic imine (C=N–C) groups is 1. The van der Waals surface area contributed by atoms with Gasteiger partial charge in [0.1, 0.15) is 6.04 Å². The smallest absolute Gasteiger partial charge is 0.238 e. The number of thioether (sulfide) groups is 1. The van der Waals surface area contributed by atoms with E-state index in [9.17, 15) is 10.1 Å². The molecule has 5 N–H and O–H groups in total. The Morgan fingerprint density at radius 2 is 1.70 bits per heavy atom. The van der Waals surface area contributed by atoms with E-state index in [1.807, 2.05) is 0 Å². The molecule has 1 spiro atoms. The van der Waals surface area contributed by atoms with Gasteiger partial charge in [-0.2, -0.15) is 5.26 Å². The zero-order valence-electron chi connectivity index (χ0n) is 37.1. The van der Waals surface area contributed by atoms with Crippen LogP contribution in [-0.2, 0) is 14.3 Å². The van der Waals surface area contributed by atoms with E-state index >= 15 is 0 Å². The molecule has 14 heteroatoms. The first-order valence-corrected chi connectivity index (χ1v) is 25.7. The summed E-state index contributed by atoms with van der Waals surface area (Å²) in [4.78, 5) is 24.3. The molecule has 0 aromatic carbocycles. The second-order valence-corrected chi connectivity index (χ2v) is 23.1. The first-order valence-electron chi connectivity index (χ1n) is 24.3. The summed E-state index contributed by atoms with van der Waals surface area (Å²) in [6, 6.07) is 2.63. The van der Waals surface area contributed by atoms with Crippen molar-refractivity contribution in [1.82, 2.24) is 36.8 Å². The number of nitrogens with one attached hydrogen (secondary N) is 5. The number of hydrogen-bond acceptors (Lipinski definition) is 12. The van der Waals surface area contributed by atoms with Gasteiger partial charge in [0, 0.05) is 54.9 Å². The Hall–Kier alpha value is -1.05. The molecule has 9 rings (SSSR count). The van der Waals surface area contributed by atoms with Crippen molar-refractivity contribution in [2.75, 3.05) is 20.2 Å². The number of likely N-dealkylation sites (tertiary alicyclic amines) is 1. The van der Waals surface area contributed by atoms with E-state index in [0.717, 1.165) is 76.7 Å². The number of nitriles is 1. The molecule has 0 radical (unpaired) electrons. The summed E-state index contributed by atoms with van der Waals surface area (Å²) in [6.07, 6.45) is 19.6. The predicted molar refractivity (Wildman–Crippen MR) is 239 cm³/mol. The lowest BCUT2D eigenvalue weighted by Crippen LogP contribution is -2.62. The van der Waals surface area contributed by atoms with Crippen molar-refractivity contribution >= 4 is 35.0 Å². The Balaban J connectivity index is 0.697. The molecule has 60 heavy (non-hydrogen) atoms. The number of rotatable bonds is 8. The van der Waals surface area contributed by atoms with E-state index in [-0.39, 0.29) is 66.0 Å². The van der Waals surface area contributed by atoms with Crippen LogP contribution in [0, 0.1) is 52.3 Å². The van der Waals surface area contributed by atoms with Crippen LogP contribution < -0.4 is 27.0 Å². The van der Waals surface area contributed by atoms with Crippen LogP contribution in [0.15, 0.2) is 4.99 Å². The third-order valence-electron chi connectivity index (χ3n) is 17.6. The topological polar surface area (TPSA) is 138 Å². The normalized spacial score (nSPS) is 49.1. The average Bonchev–Trinajstić information content (AvgIpc) is 3.92. The fraction of sp³-hybridized carbons (Fsp3) is 0.935. The molecular weight excluding hydrogens is 794 g/mol. The van der Waals surface area contributed by atoms with Crippen LogP contribution in [-0.4, -0.2) is 113 Å². The van der Waals surface area contributed by atoms with Gasteiger partial charge >= 0.3 is 0 Å². The quantitative estimate of drug-likeness (QED) is 0.177. The molecule has 5 aliphatic heterocycles. The van der Waals surface area contributed by atoms with Gasteiger partial charge in [-0.15, -0.1) is 23.4 Å². The molecule has 4 aliphatic carbocycles. The number of hydrazine groups is 2. The number of nitrogens with zero attached hydrogens (tertiary/aromatic N) is 4. The number of halogens is 1. The molecule has 0 aromatic heterocycles. The van der Waals surface area contributed by atoms with E-state index in [0.29, 0.717) is 45.9 Å². The van der Waals surface area contributed by atoms with Gasteiger partial charge in [-0.25, -0.2) is 21.7 Å². The van der Waals surface area contributed by atoms with Gasteiger partial charge < -0.3 is 14.8 Å². The van der Waals surface area contributed by atoms with Gasteiger partial charge in [-0.3, -0.25) is 19.6 Å². The number of ether oxygens (including phenoxy) is 2. The Morgan fingerprint density at radius 1 is 0.917 bits per heavy atom. The highest BCUT2D eigenvalue weighted by atomic mass is 35.5. The van der Waals surface area contributed by atoms with Crippen LogP contribution in [0.3, 0.4) is 0 Å². The number of alkyl halides is 1. The Labute approximate surface area is 369 Å². The van der Waals surface area contributed by atoms with Crippen LogP contribution in [0.4, 0.5) is 0 Å². The van der Waals surface area contributed by atoms with Crippen LogP contribution in [0.2, 0.25) is 0 Å². The summed E-state index contributed by atoms with van der Waals surface area (Å²) in [5, 5.41) is 14.1. The number of carbonyl (C=O) groups is 1. The Bertz CT molecular complexity index is 1560. The van der Waals surface area contributed by atoms with Gasteiger partial charge in [-0.1, -0.05) is 13.8 Å². The molecule has 15 atom stereocenters. The maximum absolute atomic E-state index is 13.4. The van der Waals surface area contributed by atoms with Gasteiger partial charge in [0.05, 0.1) is 60.2 Å². The van der Waals surface area contributed by atoms with E-state index in [1.54, 1.807) is 7.11 Å². The summed E-state index contributed by atoms with van der Waals surface area (Å²) in [5.74, 6) is 3.09. The molecule has 9 aliphatic rings. The summed E-state index contributed by atoms with van der Waals surface area (Å²) in [5.41, 5.74) is 16.0. The molecule has 8 fully saturated rings. The average molecular weight is 871 g/mol. The monoisotopic (exact) mass is 870 g/mol. The van der Waals surface area contributed by atoms with E-state index in [4.69, 9.17) is 26.1 Å². The zero-order valence-corrected chi connectivity index (χ0v) is 38.7. The largest absolute Gasteiger partial charge is 0.380 e. The van der Waals surface area contributed by atoms with Crippen LogP contribution in [0.5, 0.6) is 0 Å². The van der Waals surface area contributed by atoms with Crippen LogP contribution in [0.1, 0.15) is 137 Å². The predicted octanol–water partition coefficient (Wildman–Crippen LogP) is 6.27. The number of hydrogen-bond donors (Lipinski definition) is 5. The molecule has 4 saturated carbocycles. The molecule has 14 unspecified atom stereocenters. The summed E-state index contributed by atoms with van der Waals surface area (Å²) in [7, 11) is 1.70. The third kappa shape index (κ3) is 8.97. The van der Waals surface area contributed by atoms with Crippen LogP contribution in [0.25, 0.3) is 0 Å². The number of methoxy groups -OCH3 is 1. The minimum absolute atomic E-state index is 0.0263. The molecule has 4 saturated heterocycles. The van der Waals surface area contributed by atoms with E-state index in [2.05, 4.69) is 82.3 Å². The molecule has 336 valence electrons. The van der Waals surface area contributed by atoms with Gasteiger partial charge in [0.2, 0.25) is 5.91 Å². The highest BCUT2D eigenvalue weighted by Crippen LogP contribution is 2.54. The van der Waals surface area contributed by atoms with Crippen molar-refractivity contribution in [3.63, 3.8) is 0 Å². The fourth-order valence-electron chi connectivity index (χ4n) is 13.7. The van der Waals surface area contributed by atoms with E-state index in [1.165, 1.54) is 57.2 Å². The SMILES string of the molecule is COC1CC(OC2CCC(NC(=O)C3CCC(N4CCC5(CCC(C6CCC(C7=N[C@@H](C)C8NNC(C)N8C8SC(C)C(C)C78)CC6Cl)CC5)C4)NN3)CC2)CCC1C#N. The van der Waals surface area contributed by atoms with Gasteiger partial charge in [0.15, 0.2) is 0 Å². The fourth-order valence-corrected chi connectivity index (χ4v) is 16.1. The number of fused-ring (bicyclic) bond motifs is 3. The number of amides is 1. The second kappa shape index (κ2) is 18.8. The van der Waals surface area contributed by atoms with Crippen molar-refractivity contribution in [3.05, 3.63) is 0 Å². The van der Waals surface area contributed by atoms with Gasteiger partial charge in [0.25, 0.3) is 0 Å². The Kier molecular flexibility index (Phi) is 13.8. The number of carbonyl (C=O) groups excluding carboxylic acids is 1. The van der Waals surface area contributed by atoms with E-state index < -0.39 is 0 Å². The van der Waals surface area contributed by atoms with Crippen molar-refractivity contribution in [2.24, 2.45) is 45.9 Å². The molecule has 12 nitrogen and oxygen atoms in total. The lowest BCUT2D eigenvalue weighted by molar-refractivity contribution is -0.126. The van der Waals surface area contributed by atoms with Crippen molar-refractivity contribution in [2.45, 2.75) is 208 Å². The highest BCUT2D eigenvalue weighted by Gasteiger charge is 2.54. The summed E-state index contributed by atoms with van der Waals surface area (Å²) < 4.78 is 12.1. The standard InChI is InChI=1S/C46H76ClN9O3S/c1-26-28(3)60-45-41(26)42(49-27(2)43-54-51-29(4)56(43)45)31-7-13-36(37(47)22-31)30-16-18-46(19-17-30)20-21-55(25-46)40-15-14-38(52-53-40)44(57)50-33-8-11-34(12-9-33)59-35-10-6-32(24-48)39(23-35)58-5/h26-41,43,45,51-54H,6-23,25H2,1-5H3,(H,50,57)/t26?,27-,28?,29?,30?,31?,32?,33?,34?,35?,36?,37?,38?,39?,40?,41?,43?,45?,46?/m0/s1. The van der Waals surface area contributed by atoms with Crippen molar-refractivity contribution in [3.8, 4) is 6.07 Å². The Morgan fingerprint density at radius 3 is 2.42 bits per heavy atom. The first kappa shape index (κ1) is 44.2. The lowest BCUT2D eigenvalue weighted by atomic mass is 9.63. The maximum Gasteiger partial charge on any atom is 0.238 e. The minimum Gasteiger partial charge on any atom is -0.380 e. The highest BCUT2D eigenvalue weighted by molar-refractivity contribution is 8.00.